The van der Waals surface area contributed by atoms with E-state index in [4.69, 9.17) is 16.5 Å². The van der Waals surface area contributed by atoms with E-state index < -0.39 is 6.04 Å². The van der Waals surface area contributed by atoms with Crippen LogP contribution in [0.2, 0.25) is 0 Å². The number of nitrogens with zero attached hydrogens (tertiary/aromatic N) is 5. The molecule has 0 saturated carbocycles. The van der Waals surface area contributed by atoms with Crippen LogP contribution in [-0.4, -0.2) is 16.5 Å². The zero-order valence-electron chi connectivity index (χ0n) is 21.1. The van der Waals surface area contributed by atoms with Crippen molar-refractivity contribution in [2.24, 2.45) is 4.99 Å². The zero-order chi connectivity index (χ0) is 26.3. The number of nitrogen functional groups attached to an aromatic ring is 2. The Morgan fingerprint density at radius 1 is 1.16 bits per heavy atom. The highest BCUT2D eigenvalue weighted by Gasteiger charge is 2.37. The molecule has 2 aliphatic rings. The highest BCUT2D eigenvalue weighted by molar-refractivity contribution is 5.98. The summed E-state index contributed by atoms with van der Waals surface area (Å²) in [4.78, 5) is 11.6. The number of benzene rings is 2. The number of aromatic nitrogens is 1. The third kappa shape index (κ3) is 4.15. The molecule has 5 rings (SSSR count). The van der Waals surface area contributed by atoms with Crippen LogP contribution < -0.4 is 27.0 Å². The molecular weight excluding hydrogens is 462 g/mol. The molecule has 0 amide bonds. The third-order valence-electron chi connectivity index (χ3n) is 7.27. The molecule has 2 unspecified atom stereocenters. The van der Waals surface area contributed by atoms with E-state index in [2.05, 4.69) is 83.8 Å². The number of rotatable bonds is 3. The van der Waals surface area contributed by atoms with Gasteiger partial charge in [0.2, 0.25) is 5.96 Å². The standard InChI is InChI=1S/C28H29N9/c1-16-12-28(2,3)37(14-17-7-5-4-6-8-17)21-10-9-18(11-19(16)21)24-22-23(31)20(13-29)25(32)35-26(22)36-27(34-24)33-15-30/h4-11,16,24H,12,14H2,1-3H3,(H6,31,32,33,34,35,36). The van der Waals surface area contributed by atoms with Gasteiger partial charge in [-0.15, -0.1) is 0 Å². The van der Waals surface area contributed by atoms with Crippen LogP contribution in [0.25, 0.3) is 0 Å². The predicted molar refractivity (Wildman–Crippen MR) is 146 cm³/mol. The van der Waals surface area contributed by atoms with Gasteiger partial charge in [-0.05, 0) is 48.9 Å². The Morgan fingerprint density at radius 2 is 1.92 bits per heavy atom. The van der Waals surface area contributed by atoms with Crippen molar-refractivity contribution in [1.82, 2.24) is 10.3 Å². The molecule has 3 aromatic rings. The molecule has 9 nitrogen and oxygen atoms in total. The molecule has 2 aromatic carbocycles. The van der Waals surface area contributed by atoms with Gasteiger partial charge in [0.15, 0.2) is 6.19 Å². The fourth-order valence-electron chi connectivity index (χ4n) is 5.57. The number of pyridine rings is 1. The lowest BCUT2D eigenvalue weighted by Crippen LogP contribution is -2.47. The lowest BCUT2D eigenvalue weighted by atomic mass is 9.78. The van der Waals surface area contributed by atoms with Gasteiger partial charge < -0.3 is 21.7 Å². The SMILES string of the molecule is CC1CC(C)(C)N(Cc2ccccc2)c2ccc(C3N=C(NC#N)Nc4nc(N)c(C#N)c(N)c43)cc21. The predicted octanol–water partition coefficient (Wildman–Crippen LogP) is 4.35. The van der Waals surface area contributed by atoms with E-state index >= 15 is 0 Å². The Bertz CT molecular complexity index is 1480. The number of nitrogens with one attached hydrogen (secondary N) is 2. The number of guanidine groups is 1. The van der Waals surface area contributed by atoms with Crippen molar-refractivity contribution in [3.8, 4) is 12.3 Å². The van der Waals surface area contributed by atoms with Crippen molar-refractivity contribution in [2.75, 3.05) is 21.7 Å². The number of fused-ring (bicyclic) bond motifs is 2. The summed E-state index contributed by atoms with van der Waals surface area (Å²) in [6.07, 6.45) is 2.88. The summed E-state index contributed by atoms with van der Waals surface area (Å²) in [6.45, 7) is 7.63. The first-order valence-electron chi connectivity index (χ1n) is 12.2. The summed E-state index contributed by atoms with van der Waals surface area (Å²) in [5, 5.41) is 24.4. The van der Waals surface area contributed by atoms with Crippen molar-refractivity contribution in [2.45, 2.75) is 51.2 Å². The summed E-state index contributed by atoms with van der Waals surface area (Å²) in [5.74, 6) is 0.967. The number of hydrogen-bond donors (Lipinski definition) is 4. The third-order valence-corrected chi connectivity index (χ3v) is 7.27. The summed E-state index contributed by atoms with van der Waals surface area (Å²) in [5.41, 5.74) is 17.9. The molecule has 6 N–H and O–H groups in total. The van der Waals surface area contributed by atoms with Crippen molar-refractivity contribution in [1.29, 1.82) is 10.5 Å². The van der Waals surface area contributed by atoms with Crippen molar-refractivity contribution < 1.29 is 0 Å². The maximum Gasteiger partial charge on any atom is 0.211 e. The number of nitrogens with two attached hydrogens (primary N) is 2. The van der Waals surface area contributed by atoms with Gasteiger partial charge in [0.25, 0.3) is 0 Å². The Hall–Kier alpha value is -4.76. The lowest BCUT2D eigenvalue weighted by Gasteiger charge is -2.48. The molecule has 2 atom stereocenters. The van der Waals surface area contributed by atoms with Crippen molar-refractivity contribution >= 4 is 29.0 Å². The number of hydrogen-bond acceptors (Lipinski definition) is 9. The minimum atomic E-state index is -0.567. The molecule has 0 radical (unpaired) electrons. The first-order chi connectivity index (χ1) is 17.7. The minimum Gasteiger partial charge on any atom is -0.397 e. The topological polar surface area (TPSA) is 152 Å². The van der Waals surface area contributed by atoms with Crippen LogP contribution in [0.1, 0.15) is 67.0 Å². The Balaban J connectivity index is 1.63. The number of nitriles is 2. The minimum absolute atomic E-state index is 0.0270. The van der Waals surface area contributed by atoms with Gasteiger partial charge in [-0.2, -0.15) is 10.5 Å². The molecule has 1 aromatic heterocycles. The van der Waals surface area contributed by atoms with E-state index in [-0.39, 0.29) is 28.6 Å². The van der Waals surface area contributed by atoms with E-state index in [9.17, 15) is 10.5 Å². The summed E-state index contributed by atoms with van der Waals surface area (Å²) in [7, 11) is 0. The van der Waals surface area contributed by atoms with E-state index in [0.29, 0.717) is 17.3 Å². The zero-order valence-corrected chi connectivity index (χ0v) is 21.1. The van der Waals surface area contributed by atoms with Crippen LogP contribution >= 0.6 is 0 Å². The second-order valence-corrected chi connectivity index (χ2v) is 10.2. The molecule has 0 spiro atoms. The molecule has 0 saturated heterocycles. The van der Waals surface area contributed by atoms with E-state index in [1.807, 2.05) is 18.3 Å². The van der Waals surface area contributed by atoms with Gasteiger partial charge in [0.1, 0.15) is 29.3 Å². The van der Waals surface area contributed by atoms with Gasteiger partial charge in [0.05, 0.1) is 5.69 Å². The quantitative estimate of drug-likeness (QED) is 0.312. The van der Waals surface area contributed by atoms with Crippen molar-refractivity contribution in [3.05, 3.63) is 76.3 Å². The molecule has 2 aliphatic heterocycles. The van der Waals surface area contributed by atoms with Crippen LogP contribution in [-0.2, 0) is 6.54 Å². The van der Waals surface area contributed by atoms with Gasteiger partial charge in [0, 0.05) is 23.3 Å². The van der Waals surface area contributed by atoms with Gasteiger partial charge >= 0.3 is 0 Å². The molecule has 0 aliphatic carbocycles. The highest BCUT2D eigenvalue weighted by Crippen LogP contribution is 2.47. The lowest BCUT2D eigenvalue weighted by molar-refractivity contribution is 0.374. The first-order valence-corrected chi connectivity index (χ1v) is 12.2. The smallest absolute Gasteiger partial charge is 0.211 e. The molecular formula is C28H29N9. The second kappa shape index (κ2) is 9.03. The number of anilines is 4. The van der Waals surface area contributed by atoms with Crippen LogP contribution in [0, 0.1) is 22.8 Å². The van der Waals surface area contributed by atoms with Crippen LogP contribution in [0.3, 0.4) is 0 Å². The van der Waals surface area contributed by atoms with Gasteiger partial charge in [-0.1, -0.05) is 49.4 Å². The molecule has 3 heterocycles. The Kier molecular flexibility index (Phi) is 5.85. The Labute approximate surface area is 216 Å². The monoisotopic (exact) mass is 491 g/mol. The molecule has 37 heavy (non-hydrogen) atoms. The molecule has 9 heteroatoms. The van der Waals surface area contributed by atoms with E-state index in [1.54, 1.807) is 0 Å². The van der Waals surface area contributed by atoms with Gasteiger partial charge in [-0.25, -0.2) is 9.98 Å². The van der Waals surface area contributed by atoms with Crippen LogP contribution in [0.5, 0.6) is 0 Å². The average molecular weight is 492 g/mol. The largest absolute Gasteiger partial charge is 0.397 e. The van der Waals surface area contributed by atoms with Crippen molar-refractivity contribution in [3.63, 3.8) is 0 Å². The highest BCUT2D eigenvalue weighted by atomic mass is 15.2. The fourth-order valence-corrected chi connectivity index (χ4v) is 5.57. The van der Waals surface area contributed by atoms with Crippen LogP contribution in [0.15, 0.2) is 53.5 Å². The summed E-state index contributed by atoms with van der Waals surface area (Å²) < 4.78 is 0. The van der Waals surface area contributed by atoms with Crippen LogP contribution in [0.4, 0.5) is 23.0 Å². The first kappa shape index (κ1) is 24.0. The fraction of sp³-hybridized carbons (Fsp3) is 0.286. The molecule has 186 valence electrons. The number of aliphatic imine (C=N–C) groups is 1. The summed E-state index contributed by atoms with van der Waals surface area (Å²) >= 11 is 0. The van der Waals surface area contributed by atoms with E-state index in [1.165, 1.54) is 16.8 Å². The molecule has 0 bridgehead atoms. The van der Waals surface area contributed by atoms with Gasteiger partial charge in [-0.3, -0.25) is 5.32 Å². The summed E-state index contributed by atoms with van der Waals surface area (Å²) in [6, 6.07) is 18.3. The maximum atomic E-state index is 9.62. The Morgan fingerprint density at radius 3 is 2.62 bits per heavy atom. The normalized spacial score (nSPS) is 19.4. The molecule has 0 fully saturated rings. The van der Waals surface area contributed by atoms with E-state index in [0.717, 1.165) is 18.5 Å². The second-order valence-electron chi connectivity index (χ2n) is 10.2. The average Bonchev–Trinajstić information content (AvgIpc) is 2.86. The maximum absolute atomic E-state index is 9.62.